The highest BCUT2D eigenvalue weighted by Gasteiger charge is 2.25. The third kappa shape index (κ3) is 3.44. The molecule has 160 valence electrons. The minimum Gasteiger partial charge on any atom is -0.456 e. The van der Waals surface area contributed by atoms with Crippen LogP contribution in [0.15, 0.2) is 63.2 Å². The van der Waals surface area contributed by atoms with Crippen molar-refractivity contribution in [3.8, 4) is 16.8 Å². The van der Waals surface area contributed by atoms with Crippen LogP contribution in [0, 0.1) is 0 Å². The van der Waals surface area contributed by atoms with Crippen LogP contribution in [0.2, 0.25) is 0 Å². The van der Waals surface area contributed by atoms with Crippen LogP contribution in [0.3, 0.4) is 0 Å². The average Bonchev–Trinajstić information content (AvgIpc) is 3.44. The first-order valence-electron chi connectivity index (χ1n) is 9.80. The Morgan fingerprint density at radius 2 is 1.91 bits per heavy atom. The molecule has 0 spiro atoms. The minimum absolute atomic E-state index is 0.0263. The van der Waals surface area contributed by atoms with Crippen LogP contribution in [0.5, 0.6) is 0 Å². The van der Waals surface area contributed by atoms with Gasteiger partial charge in [-0.3, -0.25) is 19.9 Å². The maximum atomic E-state index is 12.5. The normalized spacial score (nSPS) is 15.3. The van der Waals surface area contributed by atoms with E-state index in [1.807, 2.05) is 38.1 Å². The Morgan fingerprint density at radius 1 is 1.12 bits per heavy atom. The topological polar surface area (TPSA) is 112 Å². The van der Waals surface area contributed by atoms with E-state index in [0.29, 0.717) is 17.0 Å². The first kappa shape index (κ1) is 20.0. The molecule has 1 aromatic carbocycles. The Morgan fingerprint density at radius 3 is 2.56 bits per heavy atom. The molecule has 4 heterocycles. The molecule has 32 heavy (non-hydrogen) atoms. The summed E-state index contributed by atoms with van der Waals surface area (Å²) in [5, 5.41) is 6.74. The molecule has 1 aliphatic rings. The molecule has 0 saturated carbocycles. The molecule has 0 radical (unpaired) electrons. The fourth-order valence-electron chi connectivity index (χ4n) is 3.46. The highest BCUT2D eigenvalue weighted by molar-refractivity contribution is 8.18. The van der Waals surface area contributed by atoms with E-state index in [4.69, 9.17) is 4.42 Å². The molecule has 1 N–H and O–H groups in total. The van der Waals surface area contributed by atoms with Gasteiger partial charge in [0.05, 0.1) is 16.6 Å². The smallest absolute Gasteiger partial charge is 0.350 e. The number of benzene rings is 1. The Bertz CT molecular complexity index is 1460. The molecule has 0 unspecified atom stereocenters. The Kier molecular flexibility index (Phi) is 4.78. The Labute approximate surface area is 185 Å². The first-order chi connectivity index (χ1) is 15.4. The lowest BCUT2D eigenvalue weighted by Crippen LogP contribution is -2.25. The van der Waals surface area contributed by atoms with E-state index < -0.39 is 11.1 Å². The van der Waals surface area contributed by atoms with Crippen molar-refractivity contribution in [1.29, 1.82) is 0 Å². The SMILES string of the molecule is CC(C)n1ncn(-c2ccc(-c3cncc4cc(/C=C5/SC(=O)NC5=O)oc34)cc2)c1=O. The van der Waals surface area contributed by atoms with Gasteiger partial charge in [-0.1, -0.05) is 12.1 Å². The number of furan rings is 1. The summed E-state index contributed by atoms with van der Waals surface area (Å²) in [6.45, 7) is 3.80. The molecule has 1 fully saturated rings. The number of rotatable bonds is 4. The second kappa shape index (κ2) is 7.65. The predicted molar refractivity (Wildman–Crippen MR) is 120 cm³/mol. The highest BCUT2D eigenvalue weighted by Crippen LogP contribution is 2.33. The van der Waals surface area contributed by atoms with Gasteiger partial charge in [-0.15, -0.1) is 0 Å². The van der Waals surface area contributed by atoms with Crippen LogP contribution in [-0.4, -0.2) is 30.5 Å². The summed E-state index contributed by atoms with van der Waals surface area (Å²) in [6, 6.07) is 9.16. The lowest BCUT2D eigenvalue weighted by molar-refractivity contribution is -0.115. The summed E-state index contributed by atoms with van der Waals surface area (Å²) in [7, 11) is 0. The van der Waals surface area contributed by atoms with Crippen molar-refractivity contribution in [1.82, 2.24) is 24.6 Å². The van der Waals surface area contributed by atoms with Gasteiger partial charge in [0.15, 0.2) is 0 Å². The number of pyridine rings is 1. The van der Waals surface area contributed by atoms with Crippen molar-refractivity contribution in [2.45, 2.75) is 19.9 Å². The largest absolute Gasteiger partial charge is 0.456 e. The van der Waals surface area contributed by atoms with Crippen LogP contribution < -0.4 is 11.0 Å². The van der Waals surface area contributed by atoms with Crippen molar-refractivity contribution in [3.05, 3.63) is 70.2 Å². The van der Waals surface area contributed by atoms with E-state index >= 15 is 0 Å². The average molecular weight is 447 g/mol. The van der Waals surface area contributed by atoms with Gasteiger partial charge in [0.25, 0.3) is 11.1 Å². The zero-order valence-electron chi connectivity index (χ0n) is 17.1. The van der Waals surface area contributed by atoms with Gasteiger partial charge in [-0.25, -0.2) is 14.0 Å². The van der Waals surface area contributed by atoms with E-state index in [1.54, 1.807) is 18.5 Å². The molecule has 9 nitrogen and oxygen atoms in total. The second-order valence-electron chi connectivity index (χ2n) is 7.48. The van der Waals surface area contributed by atoms with E-state index in [1.165, 1.54) is 21.7 Å². The fraction of sp³-hybridized carbons (Fsp3) is 0.136. The number of carbonyl (C=O) groups is 2. The Hall–Kier alpha value is -3.92. The van der Waals surface area contributed by atoms with Crippen LogP contribution in [0.25, 0.3) is 33.9 Å². The van der Waals surface area contributed by atoms with Gasteiger partial charge in [-0.05, 0) is 49.4 Å². The lowest BCUT2D eigenvalue weighted by atomic mass is 10.1. The number of thioether (sulfide) groups is 1. The number of imide groups is 1. The minimum atomic E-state index is -0.439. The number of hydrogen-bond donors (Lipinski definition) is 1. The van der Waals surface area contributed by atoms with Crippen LogP contribution in [-0.2, 0) is 4.79 Å². The number of amides is 2. The lowest BCUT2D eigenvalue weighted by Gasteiger charge is -2.05. The van der Waals surface area contributed by atoms with Crippen LogP contribution in [0.1, 0.15) is 25.6 Å². The summed E-state index contributed by atoms with van der Waals surface area (Å²) in [5.74, 6) is 0.0105. The highest BCUT2D eigenvalue weighted by atomic mass is 32.2. The second-order valence-corrected chi connectivity index (χ2v) is 8.49. The number of nitrogens with zero attached hydrogens (tertiary/aromatic N) is 4. The number of carbonyl (C=O) groups excluding carboxylic acids is 2. The van der Waals surface area contributed by atoms with Gasteiger partial charge < -0.3 is 4.42 Å². The van der Waals surface area contributed by atoms with E-state index in [0.717, 1.165) is 28.3 Å². The van der Waals surface area contributed by atoms with Crippen molar-refractivity contribution in [2.24, 2.45) is 0 Å². The van der Waals surface area contributed by atoms with E-state index in [9.17, 15) is 14.4 Å². The number of nitrogens with one attached hydrogen (secondary N) is 1. The molecule has 10 heteroatoms. The quantitative estimate of drug-likeness (QED) is 0.474. The standard InChI is InChI=1S/C22H17N5O4S/c1-12(2)27-22(30)26(11-24-27)15-5-3-13(4-6-15)17-10-23-9-14-7-16(31-19(14)17)8-18-20(28)25-21(29)32-18/h3-12H,1-2H3,(H,25,28,29)/b18-8+. The van der Waals surface area contributed by atoms with Gasteiger partial charge >= 0.3 is 5.69 Å². The van der Waals surface area contributed by atoms with E-state index in [2.05, 4.69) is 15.4 Å². The summed E-state index contributed by atoms with van der Waals surface area (Å²) >= 11 is 0.834. The molecule has 3 aromatic heterocycles. The summed E-state index contributed by atoms with van der Waals surface area (Å²) in [6.07, 6.45) is 6.41. The van der Waals surface area contributed by atoms with Gasteiger partial charge in [0.1, 0.15) is 17.7 Å². The molecule has 1 saturated heterocycles. The van der Waals surface area contributed by atoms with E-state index in [-0.39, 0.29) is 16.6 Å². The summed E-state index contributed by atoms with van der Waals surface area (Å²) < 4.78 is 8.89. The summed E-state index contributed by atoms with van der Waals surface area (Å²) in [4.78, 5) is 40.3. The Balaban J connectivity index is 1.51. The van der Waals surface area contributed by atoms with Crippen molar-refractivity contribution >= 4 is 40.0 Å². The molecule has 2 amide bonds. The van der Waals surface area contributed by atoms with Crippen molar-refractivity contribution in [2.75, 3.05) is 0 Å². The molecule has 0 bridgehead atoms. The third-order valence-corrected chi connectivity index (χ3v) is 5.81. The zero-order chi connectivity index (χ0) is 22.4. The van der Waals surface area contributed by atoms with Gasteiger partial charge in [0.2, 0.25) is 0 Å². The first-order valence-corrected chi connectivity index (χ1v) is 10.6. The van der Waals surface area contributed by atoms with Gasteiger partial charge in [0, 0.05) is 29.4 Å². The van der Waals surface area contributed by atoms with Crippen molar-refractivity contribution in [3.63, 3.8) is 0 Å². The zero-order valence-corrected chi connectivity index (χ0v) is 17.9. The van der Waals surface area contributed by atoms with Crippen molar-refractivity contribution < 1.29 is 14.0 Å². The fourth-order valence-corrected chi connectivity index (χ4v) is 4.12. The van der Waals surface area contributed by atoms with Crippen LogP contribution >= 0.6 is 11.8 Å². The predicted octanol–water partition coefficient (Wildman–Crippen LogP) is 3.75. The molecule has 0 atom stereocenters. The third-order valence-electron chi connectivity index (χ3n) is 5.00. The molecule has 0 aliphatic carbocycles. The molecule has 5 rings (SSSR count). The number of hydrogen-bond acceptors (Lipinski definition) is 7. The van der Waals surface area contributed by atoms with Crippen LogP contribution in [0.4, 0.5) is 4.79 Å². The van der Waals surface area contributed by atoms with Gasteiger partial charge in [-0.2, -0.15) is 5.10 Å². The maximum Gasteiger partial charge on any atom is 0.350 e. The monoisotopic (exact) mass is 447 g/mol. The molecule has 1 aliphatic heterocycles. The maximum absolute atomic E-state index is 12.5. The summed E-state index contributed by atoms with van der Waals surface area (Å²) in [5.41, 5.74) is 2.73. The number of fused-ring (bicyclic) bond motifs is 1. The number of aromatic nitrogens is 4. The molecular weight excluding hydrogens is 430 g/mol. The molecule has 4 aromatic rings. The molecular formula is C22H17N5O4S.